The number of nitrogens with zero attached hydrogens (tertiary/aromatic N) is 5. The van der Waals surface area contributed by atoms with Gasteiger partial charge in [0, 0.05) is 49.1 Å². The van der Waals surface area contributed by atoms with Gasteiger partial charge in [-0.2, -0.15) is 5.10 Å². The number of fused-ring (bicyclic) bond motifs is 1. The number of alkyl halides is 1. The zero-order valence-electron chi connectivity index (χ0n) is 22.9. The van der Waals surface area contributed by atoms with E-state index in [1.165, 1.54) is 10.9 Å². The van der Waals surface area contributed by atoms with Gasteiger partial charge in [0.05, 0.1) is 18.4 Å². The molecule has 2 bridgehead atoms. The fraction of sp³-hybridized carbons (Fsp3) is 0.344. The molecule has 3 aromatic heterocycles. The van der Waals surface area contributed by atoms with Gasteiger partial charge in [-0.1, -0.05) is 42.5 Å². The lowest BCUT2D eigenvalue weighted by molar-refractivity contribution is -0.226. The summed E-state index contributed by atoms with van der Waals surface area (Å²) in [5, 5.41) is 9.55. The second kappa shape index (κ2) is 9.55. The Labute approximate surface area is 233 Å². The Bertz CT molecular complexity index is 1640. The largest absolute Gasteiger partial charge is 0.369 e. The van der Waals surface area contributed by atoms with Crippen LogP contribution in [0.1, 0.15) is 43.0 Å². The molecule has 204 valence electrons. The summed E-state index contributed by atoms with van der Waals surface area (Å²) in [5.74, 6) is 0.660. The van der Waals surface area contributed by atoms with Crippen molar-refractivity contribution in [3.05, 3.63) is 96.2 Å². The highest BCUT2D eigenvalue weighted by atomic mass is 19.1. The second-order valence-electron chi connectivity index (χ2n) is 11.9. The van der Waals surface area contributed by atoms with Crippen molar-refractivity contribution in [2.45, 2.75) is 57.5 Å². The van der Waals surface area contributed by atoms with Gasteiger partial charge in [0.2, 0.25) is 0 Å². The topological polar surface area (TPSA) is 74.7 Å². The van der Waals surface area contributed by atoms with Crippen LogP contribution < -0.4 is 10.2 Å². The van der Waals surface area contributed by atoms with Gasteiger partial charge in [0.1, 0.15) is 12.0 Å². The van der Waals surface area contributed by atoms with E-state index >= 15 is 0 Å². The number of rotatable bonds is 10. The minimum atomic E-state index is -0.849. The molecule has 0 saturated heterocycles. The first kappa shape index (κ1) is 25.0. The van der Waals surface area contributed by atoms with Crippen molar-refractivity contribution < 1.29 is 4.39 Å². The normalized spacial score (nSPS) is 22.1. The molecule has 3 aliphatic rings. The molecule has 0 amide bonds. The van der Waals surface area contributed by atoms with Crippen molar-refractivity contribution >= 4 is 16.6 Å². The van der Waals surface area contributed by atoms with Crippen LogP contribution in [0, 0.1) is 5.41 Å². The summed E-state index contributed by atoms with van der Waals surface area (Å²) in [7, 11) is 2.07. The third-order valence-electron chi connectivity index (χ3n) is 8.83. The van der Waals surface area contributed by atoms with Crippen LogP contribution in [0.15, 0.2) is 79.4 Å². The van der Waals surface area contributed by atoms with E-state index in [4.69, 9.17) is 5.10 Å². The number of anilines is 1. The van der Waals surface area contributed by atoms with E-state index in [1.54, 1.807) is 6.33 Å². The number of halogens is 1. The van der Waals surface area contributed by atoms with Gasteiger partial charge >= 0.3 is 0 Å². The quantitative estimate of drug-likeness (QED) is 0.234. The fourth-order valence-corrected chi connectivity index (χ4v) is 6.50. The summed E-state index contributed by atoms with van der Waals surface area (Å²) in [4.78, 5) is 14.7. The molecule has 7 nitrogen and oxygen atoms in total. The minimum Gasteiger partial charge on any atom is -0.369 e. The summed E-state index contributed by atoms with van der Waals surface area (Å²) in [6.07, 6.45) is 7.63. The number of benzene rings is 2. The monoisotopic (exact) mass is 535 g/mol. The molecule has 0 spiro atoms. The van der Waals surface area contributed by atoms with Crippen LogP contribution >= 0.6 is 0 Å². The molecule has 1 atom stereocenters. The predicted molar refractivity (Wildman–Crippen MR) is 156 cm³/mol. The highest BCUT2D eigenvalue weighted by Crippen LogP contribution is 2.70. The molecule has 0 aliphatic heterocycles. The van der Waals surface area contributed by atoms with E-state index in [2.05, 4.69) is 93.7 Å². The highest BCUT2D eigenvalue weighted by molar-refractivity contribution is 5.81. The number of aromatic amines is 1. The number of aromatic nitrogens is 5. The molecule has 2 N–H and O–H groups in total. The maximum Gasteiger partial charge on any atom is 0.182 e. The molecule has 5 aromatic rings. The van der Waals surface area contributed by atoms with Crippen molar-refractivity contribution in [2.24, 2.45) is 5.41 Å². The number of hydrogen-bond donors (Lipinski definition) is 2. The summed E-state index contributed by atoms with van der Waals surface area (Å²) < 4.78 is 15.8. The molecule has 2 aromatic carbocycles. The van der Waals surface area contributed by atoms with Gasteiger partial charge in [-0.25, -0.2) is 14.1 Å². The van der Waals surface area contributed by atoms with Crippen LogP contribution in [-0.4, -0.2) is 43.5 Å². The Balaban J connectivity index is 0.999. The Hall–Kier alpha value is -4.04. The van der Waals surface area contributed by atoms with E-state index in [0.29, 0.717) is 18.4 Å². The van der Waals surface area contributed by atoms with Gasteiger partial charge < -0.3 is 15.2 Å². The molecule has 3 saturated carbocycles. The van der Waals surface area contributed by atoms with Crippen molar-refractivity contribution in [3.63, 3.8) is 0 Å². The summed E-state index contributed by atoms with van der Waals surface area (Å²) >= 11 is 0. The average Bonchev–Trinajstić information content (AvgIpc) is 3.56. The molecular weight excluding hydrogens is 501 g/mol. The Kier molecular flexibility index (Phi) is 5.96. The van der Waals surface area contributed by atoms with Crippen molar-refractivity contribution in [2.75, 3.05) is 11.9 Å². The molecule has 8 heteroatoms. The molecular formula is C32H34FN7. The summed E-state index contributed by atoms with van der Waals surface area (Å²) in [6.45, 7) is 4.38. The lowest BCUT2D eigenvalue weighted by Crippen LogP contribution is -2.70. The lowest BCUT2D eigenvalue weighted by Gasteiger charge is -2.68. The lowest BCUT2D eigenvalue weighted by atomic mass is 9.40. The maximum atomic E-state index is 13.9. The van der Waals surface area contributed by atoms with E-state index < -0.39 is 5.67 Å². The van der Waals surface area contributed by atoms with Gasteiger partial charge in [0.15, 0.2) is 5.82 Å². The van der Waals surface area contributed by atoms with Gasteiger partial charge in [-0.15, -0.1) is 0 Å². The fourth-order valence-electron chi connectivity index (χ4n) is 6.50. The van der Waals surface area contributed by atoms with E-state index in [9.17, 15) is 4.39 Å². The predicted octanol–water partition coefficient (Wildman–Crippen LogP) is 5.88. The van der Waals surface area contributed by atoms with Crippen LogP contribution in [0.3, 0.4) is 0 Å². The molecule has 3 heterocycles. The average molecular weight is 536 g/mol. The Morgan fingerprint density at radius 1 is 1.05 bits per heavy atom. The summed E-state index contributed by atoms with van der Waals surface area (Å²) in [5.41, 5.74) is 5.89. The first-order valence-electron chi connectivity index (χ1n) is 14.0. The van der Waals surface area contributed by atoms with E-state index in [-0.39, 0.29) is 5.41 Å². The van der Waals surface area contributed by atoms with Gasteiger partial charge in [-0.05, 0) is 66.3 Å². The molecule has 1 unspecified atom stereocenters. The van der Waals surface area contributed by atoms with Crippen LogP contribution in [0.2, 0.25) is 0 Å². The van der Waals surface area contributed by atoms with Crippen molar-refractivity contribution in [3.8, 4) is 11.4 Å². The smallest absolute Gasteiger partial charge is 0.182 e. The summed E-state index contributed by atoms with van der Waals surface area (Å²) in [6, 6.07) is 21.5. The standard InChI is InChI=1S/C32H34FN7/c1-22(31-18-32(33,19-31)20-31)35-14-27-11-25-9-8-24(10-29(25)37-27)17-40-21-36-30(38-40)26-12-28(15-34-13-26)39(2)16-23-6-4-3-5-7-23/h3-13,15,21-22,35,37H,14,16-20H2,1-2H3. The van der Waals surface area contributed by atoms with Crippen LogP contribution in [0.4, 0.5) is 10.1 Å². The number of hydrogen-bond acceptors (Lipinski definition) is 5. The van der Waals surface area contributed by atoms with Crippen molar-refractivity contribution in [1.29, 1.82) is 0 Å². The Morgan fingerprint density at radius 3 is 2.67 bits per heavy atom. The SMILES string of the molecule is CC(NCc1cc2ccc(Cn3cnc(-c4cncc(N(C)Cc5ccccc5)c4)n3)cc2[nH]1)C12CC(F)(C1)C2. The zero-order chi connectivity index (χ0) is 27.3. The van der Waals surface area contributed by atoms with E-state index in [1.807, 2.05) is 23.1 Å². The number of pyridine rings is 1. The van der Waals surface area contributed by atoms with Crippen LogP contribution in [0.5, 0.6) is 0 Å². The molecule has 3 aliphatic carbocycles. The minimum absolute atomic E-state index is 0.181. The third kappa shape index (κ3) is 4.66. The zero-order valence-corrected chi connectivity index (χ0v) is 22.9. The molecule has 0 radical (unpaired) electrons. The first-order valence-corrected chi connectivity index (χ1v) is 14.0. The van der Waals surface area contributed by atoms with Crippen molar-refractivity contribution in [1.82, 2.24) is 30.0 Å². The number of nitrogens with one attached hydrogen (secondary N) is 2. The van der Waals surface area contributed by atoms with Crippen LogP contribution in [0.25, 0.3) is 22.3 Å². The highest BCUT2D eigenvalue weighted by Gasteiger charge is 2.70. The Morgan fingerprint density at radius 2 is 1.88 bits per heavy atom. The molecule has 40 heavy (non-hydrogen) atoms. The maximum absolute atomic E-state index is 13.9. The molecule has 3 fully saturated rings. The van der Waals surface area contributed by atoms with Crippen LogP contribution in [-0.2, 0) is 19.6 Å². The second-order valence-corrected chi connectivity index (χ2v) is 11.9. The van der Waals surface area contributed by atoms with Gasteiger partial charge in [-0.3, -0.25) is 4.98 Å². The number of H-pyrrole nitrogens is 1. The third-order valence-corrected chi connectivity index (χ3v) is 8.83. The van der Waals surface area contributed by atoms with E-state index in [0.717, 1.165) is 60.4 Å². The first-order chi connectivity index (χ1) is 19.4. The van der Waals surface area contributed by atoms with Gasteiger partial charge in [0.25, 0.3) is 0 Å². The molecule has 8 rings (SSSR count).